The molecule has 2 fully saturated rings. The maximum absolute atomic E-state index is 13.0. The van der Waals surface area contributed by atoms with E-state index in [1.54, 1.807) is 37.4 Å². The third-order valence-corrected chi connectivity index (χ3v) is 7.02. The quantitative estimate of drug-likeness (QED) is 0.350. The van der Waals surface area contributed by atoms with E-state index in [0.29, 0.717) is 41.3 Å². The van der Waals surface area contributed by atoms with Crippen LogP contribution in [0.1, 0.15) is 30.1 Å². The summed E-state index contributed by atoms with van der Waals surface area (Å²) in [6.07, 6.45) is 2.14. The lowest BCUT2D eigenvalue weighted by molar-refractivity contribution is -0.127. The number of likely N-dealkylation sites (tertiary alicyclic amines) is 1. The van der Waals surface area contributed by atoms with Crippen LogP contribution >= 0.6 is 23.4 Å². The molecule has 176 valence electrons. The van der Waals surface area contributed by atoms with Gasteiger partial charge in [0, 0.05) is 50.4 Å². The van der Waals surface area contributed by atoms with Gasteiger partial charge >= 0.3 is 0 Å². The van der Waals surface area contributed by atoms with Gasteiger partial charge in [-0.3, -0.25) is 9.59 Å². The van der Waals surface area contributed by atoms with E-state index in [4.69, 9.17) is 16.3 Å². The van der Waals surface area contributed by atoms with E-state index >= 15 is 0 Å². The number of nitrogens with zero attached hydrogens (tertiary/aromatic N) is 5. The summed E-state index contributed by atoms with van der Waals surface area (Å²) in [5.74, 6) is 1.86. The number of benzene rings is 1. The Balaban J connectivity index is 1.38. The summed E-state index contributed by atoms with van der Waals surface area (Å²) in [6, 6.07) is 8.90. The van der Waals surface area contributed by atoms with Crippen molar-refractivity contribution >= 4 is 41.0 Å². The van der Waals surface area contributed by atoms with E-state index in [1.165, 1.54) is 11.8 Å². The van der Waals surface area contributed by atoms with Crippen molar-refractivity contribution in [2.24, 2.45) is 0 Å². The van der Waals surface area contributed by atoms with Crippen LogP contribution in [-0.4, -0.2) is 83.2 Å². The van der Waals surface area contributed by atoms with Gasteiger partial charge in [-0.15, -0.1) is 0 Å². The zero-order valence-electron chi connectivity index (χ0n) is 18.9. The Kier molecular flexibility index (Phi) is 7.60. The van der Waals surface area contributed by atoms with E-state index in [2.05, 4.69) is 14.9 Å². The number of piperazine rings is 1. The minimum atomic E-state index is -0.00469. The van der Waals surface area contributed by atoms with Gasteiger partial charge < -0.3 is 19.4 Å². The van der Waals surface area contributed by atoms with Crippen LogP contribution < -0.4 is 9.64 Å². The third-order valence-electron chi connectivity index (χ3n) is 5.99. The average Bonchev–Trinajstić information content (AvgIpc) is 3.37. The van der Waals surface area contributed by atoms with Crippen molar-refractivity contribution < 1.29 is 14.3 Å². The molecule has 8 nitrogen and oxygen atoms in total. The molecule has 2 aromatic rings. The number of halogens is 1. The molecule has 2 aliphatic rings. The second-order valence-corrected chi connectivity index (χ2v) is 9.56. The van der Waals surface area contributed by atoms with Gasteiger partial charge in [-0.2, -0.15) is 0 Å². The first-order chi connectivity index (χ1) is 15.9. The molecule has 33 heavy (non-hydrogen) atoms. The summed E-state index contributed by atoms with van der Waals surface area (Å²) >= 11 is 7.59. The number of methoxy groups -OCH3 is 1. The lowest BCUT2D eigenvalue weighted by Gasteiger charge is -2.40. The number of aromatic nitrogens is 2. The minimum Gasteiger partial charge on any atom is -0.497 e. The molecule has 4 rings (SSSR count). The third kappa shape index (κ3) is 5.70. The van der Waals surface area contributed by atoms with E-state index < -0.39 is 0 Å². The molecule has 3 heterocycles. The Bertz CT molecular complexity index is 1000. The van der Waals surface area contributed by atoms with Crippen molar-refractivity contribution in [3.8, 4) is 5.75 Å². The number of anilines is 1. The van der Waals surface area contributed by atoms with E-state index in [9.17, 15) is 9.59 Å². The standard InChI is InChI=1S/C23H28ClN5O3S/c1-16-14-28(11-12-29(16)22(31)17-5-7-18(32-2)8-6-17)20-13-19(24)25-23(26-20)33-15-21(30)27-9-3-4-10-27/h5-8,13,16H,3-4,9-12,14-15H2,1-2H3. The number of ether oxygens (including phenoxy) is 1. The fourth-order valence-electron chi connectivity index (χ4n) is 4.16. The molecular formula is C23H28ClN5O3S. The molecule has 2 amide bonds. The van der Waals surface area contributed by atoms with Crippen molar-refractivity contribution in [3.05, 3.63) is 41.0 Å². The Morgan fingerprint density at radius 3 is 2.52 bits per heavy atom. The van der Waals surface area contributed by atoms with Gasteiger partial charge in [-0.25, -0.2) is 9.97 Å². The van der Waals surface area contributed by atoms with Gasteiger partial charge in [0.15, 0.2) is 5.16 Å². The molecule has 0 radical (unpaired) electrons. The number of carbonyl (C=O) groups is 2. The zero-order chi connectivity index (χ0) is 23.4. The van der Waals surface area contributed by atoms with Crippen LogP contribution in [0, 0.1) is 0 Å². The summed E-state index contributed by atoms with van der Waals surface area (Å²) in [4.78, 5) is 40.2. The van der Waals surface area contributed by atoms with Crippen molar-refractivity contribution in [1.29, 1.82) is 0 Å². The van der Waals surface area contributed by atoms with Gasteiger partial charge in [0.05, 0.1) is 12.9 Å². The van der Waals surface area contributed by atoms with Gasteiger partial charge in [0.25, 0.3) is 5.91 Å². The van der Waals surface area contributed by atoms with Gasteiger partial charge in [-0.1, -0.05) is 23.4 Å². The topological polar surface area (TPSA) is 78.9 Å². The highest BCUT2D eigenvalue weighted by Gasteiger charge is 2.29. The second-order valence-electron chi connectivity index (χ2n) is 8.23. The van der Waals surface area contributed by atoms with Crippen LogP contribution in [0.3, 0.4) is 0 Å². The smallest absolute Gasteiger partial charge is 0.254 e. The molecule has 10 heteroatoms. The predicted molar refractivity (Wildman–Crippen MR) is 129 cm³/mol. The molecule has 1 aromatic carbocycles. The molecule has 1 atom stereocenters. The van der Waals surface area contributed by atoms with Crippen LogP contribution in [0.25, 0.3) is 0 Å². The highest BCUT2D eigenvalue weighted by atomic mass is 35.5. The lowest BCUT2D eigenvalue weighted by atomic mass is 10.1. The van der Waals surface area contributed by atoms with Gasteiger partial charge in [-0.05, 0) is 44.0 Å². The number of hydrogen-bond acceptors (Lipinski definition) is 7. The van der Waals surface area contributed by atoms with E-state index in [1.807, 2.05) is 16.7 Å². The zero-order valence-corrected chi connectivity index (χ0v) is 20.4. The van der Waals surface area contributed by atoms with Crippen molar-refractivity contribution in [3.63, 3.8) is 0 Å². The van der Waals surface area contributed by atoms with Crippen LogP contribution in [0.5, 0.6) is 5.75 Å². The maximum atomic E-state index is 13.0. The second kappa shape index (κ2) is 10.6. The van der Waals surface area contributed by atoms with Crippen molar-refractivity contribution in [1.82, 2.24) is 19.8 Å². The number of amides is 2. The summed E-state index contributed by atoms with van der Waals surface area (Å²) in [6.45, 7) is 5.53. The fraction of sp³-hybridized carbons (Fsp3) is 0.478. The minimum absolute atomic E-state index is 0.00203. The molecule has 0 saturated carbocycles. The van der Waals surface area contributed by atoms with Crippen LogP contribution in [0.4, 0.5) is 5.82 Å². The Morgan fingerprint density at radius 1 is 1.12 bits per heavy atom. The normalized spacial score (nSPS) is 18.5. The molecule has 2 aliphatic heterocycles. The highest BCUT2D eigenvalue weighted by molar-refractivity contribution is 7.99. The van der Waals surface area contributed by atoms with E-state index in [0.717, 1.165) is 37.5 Å². The maximum Gasteiger partial charge on any atom is 0.254 e. The molecule has 2 saturated heterocycles. The number of hydrogen-bond donors (Lipinski definition) is 0. The van der Waals surface area contributed by atoms with Gasteiger partial charge in [0.1, 0.15) is 16.7 Å². The summed E-state index contributed by atoms with van der Waals surface area (Å²) in [7, 11) is 1.60. The number of carbonyl (C=O) groups excluding carboxylic acids is 2. The molecule has 0 aliphatic carbocycles. The summed E-state index contributed by atoms with van der Waals surface area (Å²) < 4.78 is 5.18. The molecular weight excluding hydrogens is 462 g/mol. The Labute approximate surface area is 203 Å². The fourth-order valence-corrected chi connectivity index (χ4v) is 5.15. The number of rotatable bonds is 6. The van der Waals surface area contributed by atoms with Crippen LogP contribution in [-0.2, 0) is 4.79 Å². The summed E-state index contributed by atoms with van der Waals surface area (Å²) in [5, 5.41) is 0.843. The first-order valence-corrected chi connectivity index (χ1v) is 12.5. The largest absolute Gasteiger partial charge is 0.497 e. The number of thioether (sulfide) groups is 1. The SMILES string of the molecule is COc1ccc(C(=O)N2CCN(c3cc(Cl)nc(SCC(=O)N4CCCC4)n3)CC2C)cc1. The average molecular weight is 490 g/mol. The van der Waals surface area contributed by atoms with Crippen molar-refractivity contribution in [2.45, 2.75) is 31.0 Å². The molecule has 0 spiro atoms. The van der Waals surface area contributed by atoms with Gasteiger partial charge in [0.2, 0.25) is 5.91 Å². The highest BCUT2D eigenvalue weighted by Crippen LogP contribution is 2.25. The van der Waals surface area contributed by atoms with E-state index in [-0.39, 0.29) is 17.9 Å². The Hall–Kier alpha value is -2.52. The molecule has 0 N–H and O–H groups in total. The van der Waals surface area contributed by atoms with Crippen LogP contribution in [0.2, 0.25) is 5.15 Å². The Morgan fingerprint density at radius 2 is 1.85 bits per heavy atom. The molecule has 0 bridgehead atoms. The monoisotopic (exact) mass is 489 g/mol. The van der Waals surface area contributed by atoms with Crippen molar-refractivity contribution in [2.75, 3.05) is 50.5 Å². The molecule has 1 unspecified atom stereocenters. The predicted octanol–water partition coefficient (Wildman–Crippen LogP) is 3.20. The molecule has 1 aromatic heterocycles. The van der Waals surface area contributed by atoms with Crippen LogP contribution in [0.15, 0.2) is 35.5 Å². The lowest BCUT2D eigenvalue weighted by Crippen LogP contribution is -2.54. The first-order valence-electron chi connectivity index (χ1n) is 11.1. The first kappa shape index (κ1) is 23.6. The summed E-state index contributed by atoms with van der Waals surface area (Å²) in [5.41, 5.74) is 0.641.